The first-order chi connectivity index (χ1) is 13.9. The largest absolute Gasteiger partial charge is 0.351 e. The van der Waals surface area contributed by atoms with E-state index in [1.165, 1.54) is 15.6 Å². The number of hydrogen-bond acceptors (Lipinski definition) is 4. The predicted molar refractivity (Wildman–Crippen MR) is 108 cm³/mol. The smallest absolute Gasteiger partial charge is 0.272 e. The Morgan fingerprint density at radius 1 is 1.21 bits per heavy atom. The van der Waals surface area contributed by atoms with Crippen LogP contribution in [0.3, 0.4) is 0 Å². The molecular formula is C21H27N5O3. The summed E-state index contributed by atoms with van der Waals surface area (Å²) in [5.41, 5.74) is 0.356. The Morgan fingerprint density at radius 2 is 1.93 bits per heavy atom. The van der Waals surface area contributed by atoms with Gasteiger partial charge in [0.2, 0.25) is 5.91 Å². The monoisotopic (exact) mass is 397 g/mol. The van der Waals surface area contributed by atoms with Crippen LogP contribution in [0.15, 0.2) is 36.4 Å². The number of rotatable bonds is 7. The van der Waals surface area contributed by atoms with Gasteiger partial charge in [0.1, 0.15) is 11.2 Å². The molecule has 1 atom stereocenters. The fourth-order valence-electron chi connectivity index (χ4n) is 3.28. The van der Waals surface area contributed by atoms with Crippen molar-refractivity contribution < 1.29 is 14.4 Å². The van der Waals surface area contributed by atoms with E-state index in [0.717, 1.165) is 18.4 Å². The Morgan fingerprint density at radius 3 is 2.62 bits per heavy atom. The molecule has 1 aromatic carbocycles. The van der Waals surface area contributed by atoms with Gasteiger partial charge in [0.25, 0.3) is 11.8 Å². The average molecular weight is 397 g/mol. The van der Waals surface area contributed by atoms with Crippen molar-refractivity contribution in [2.45, 2.75) is 45.3 Å². The van der Waals surface area contributed by atoms with Gasteiger partial charge >= 0.3 is 0 Å². The number of carbonyl (C=O) groups excluding carboxylic acids is 3. The lowest BCUT2D eigenvalue weighted by molar-refractivity contribution is -0.132. The molecule has 0 spiro atoms. The van der Waals surface area contributed by atoms with Gasteiger partial charge in [-0.15, -0.1) is 0 Å². The summed E-state index contributed by atoms with van der Waals surface area (Å²) in [6, 6.07) is 11.1. The summed E-state index contributed by atoms with van der Waals surface area (Å²) in [4.78, 5) is 39.5. The van der Waals surface area contributed by atoms with Crippen LogP contribution < -0.4 is 10.6 Å². The van der Waals surface area contributed by atoms with Crippen LogP contribution in [0, 0.1) is 0 Å². The predicted octanol–water partition coefficient (Wildman–Crippen LogP) is 1.57. The molecule has 3 amide bonds. The lowest BCUT2D eigenvalue weighted by Gasteiger charge is -2.40. The summed E-state index contributed by atoms with van der Waals surface area (Å²) in [5, 5.41) is 9.99. The number of unbranched alkanes of at least 4 members (excludes halogenated alkanes) is 1. The molecule has 1 aliphatic rings. The minimum absolute atomic E-state index is 0.174. The number of amides is 3. The normalized spacial score (nSPS) is 18.3. The van der Waals surface area contributed by atoms with E-state index in [9.17, 15) is 14.4 Å². The molecule has 0 unspecified atom stereocenters. The third-order valence-corrected chi connectivity index (χ3v) is 5.34. The molecule has 2 aromatic rings. The van der Waals surface area contributed by atoms with Gasteiger partial charge in [0.15, 0.2) is 5.69 Å². The zero-order chi connectivity index (χ0) is 21.0. The van der Waals surface area contributed by atoms with Gasteiger partial charge in [-0.1, -0.05) is 43.7 Å². The van der Waals surface area contributed by atoms with Crippen molar-refractivity contribution >= 4 is 17.7 Å². The van der Waals surface area contributed by atoms with Crippen LogP contribution in [0.25, 0.3) is 0 Å². The van der Waals surface area contributed by atoms with Crippen LogP contribution in [0.2, 0.25) is 0 Å². The zero-order valence-electron chi connectivity index (χ0n) is 17.1. The van der Waals surface area contributed by atoms with E-state index < -0.39 is 5.54 Å². The molecule has 0 aliphatic carbocycles. The number of carbonyl (C=O) groups is 3. The van der Waals surface area contributed by atoms with E-state index in [0.29, 0.717) is 18.8 Å². The Labute approximate surface area is 170 Å². The summed E-state index contributed by atoms with van der Waals surface area (Å²) >= 11 is 0. The van der Waals surface area contributed by atoms with E-state index in [4.69, 9.17) is 0 Å². The van der Waals surface area contributed by atoms with Gasteiger partial charge in [0.05, 0.1) is 6.54 Å². The molecule has 1 aliphatic heterocycles. The first-order valence-corrected chi connectivity index (χ1v) is 9.83. The Bertz CT molecular complexity index is 908. The maximum absolute atomic E-state index is 12.9. The molecule has 0 saturated carbocycles. The Hall–Kier alpha value is -3.16. The number of likely N-dealkylation sites (N-methyl/N-ethyl adjacent to an activating group) is 1. The number of nitrogens with one attached hydrogen (secondary N) is 2. The van der Waals surface area contributed by atoms with E-state index in [2.05, 4.69) is 15.7 Å². The number of fused-ring (bicyclic) bond motifs is 1. The highest BCUT2D eigenvalue weighted by molar-refractivity contribution is 6.01. The van der Waals surface area contributed by atoms with Crippen LogP contribution in [-0.4, -0.2) is 51.5 Å². The van der Waals surface area contributed by atoms with Crippen molar-refractivity contribution in [1.29, 1.82) is 0 Å². The number of benzene rings is 1. The third kappa shape index (κ3) is 4.16. The molecule has 2 heterocycles. The maximum Gasteiger partial charge on any atom is 0.272 e. The van der Waals surface area contributed by atoms with Gasteiger partial charge in [0, 0.05) is 26.2 Å². The molecule has 0 radical (unpaired) electrons. The molecule has 3 rings (SSSR count). The second-order valence-electron chi connectivity index (χ2n) is 7.49. The van der Waals surface area contributed by atoms with E-state index in [1.54, 1.807) is 14.0 Å². The molecule has 0 fully saturated rings. The summed E-state index contributed by atoms with van der Waals surface area (Å²) in [6.45, 7) is 4.85. The molecule has 8 heteroatoms. The van der Waals surface area contributed by atoms with Crippen molar-refractivity contribution in [3.63, 3.8) is 0 Å². The molecule has 8 nitrogen and oxygen atoms in total. The second kappa shape index (κ2) is 8.46. The molecule has 2 N–H and O–H groups in total. The third-order valence-electron chi connectivity index (χ3n) is 5.34. The van der Waals surface area contributed by atoms with E-state index >= 15 is 0 Å². The summed E-state index contributed by atoms with van der Waals surface area (Å²) < 4.78 is 1.46. The van der Waals surface area contributed by atoms with Crippen molar-refractivity contribution in [3.05, 3.63) is 53.3 Å². The minimum Gasteiger partial charge on any atom is -0.351 e. The van der Waals surface area contributed by atoms with Gasteiger partial charge in [-0.05, 0) is 18.9 Å². The topological polar surface area (TPSA) is 96.3 Å². The quantitative estimate of drug-likeness (QED) is 0.693. The fraction of sp³-hybridized carbons (Fsp3) is 0.429. The van der Waals surface area contributed by atoms with E-state index in [-0.39, 0.29) is 30.0 Å². The van der Waals surface area contributed by atoms with Gasteiger partial charge in [-0.25, -0.2) is 0 Å². The molecule has 0 bridgehead atoms. The Balaban J connectivity index is 1.75. The lowest BCUT2D eigenvalue weighted by Crippen LogP contribution is -2.62. The highest BCUT2D eigenvalue weighted by Crippen LogP contribution is 2.26. The van der Waals surface area contributed by atoms with Crippen LogP contribution in [-0.2, 0) is 17.9 Å². The van der Waals surface area contributed by atoms with Crippen LogP contribution >= 0.6 is 0 Å². The second-order valence-corrected chi connectivity index (χ2v) is 7.49. The van der Waals surface area contributed by atoms with Gasteiger partial charge < -0.3 is 15.5 Å². The number of hydrogen-bond donors (Lipinski definition) is 2. The number of nitrogens with zero attached hydrogens (tertiary/aromatic N) is 3. The standard InChI is InChI=1S/C21H27N5O3/c1-4-5-11-22-18(27)16-12-17-19(28)25(3)21(2,14-26(17)24-16)20(29)23-13-15-9-7-6-8-10-15/h6-10,12H,4-5,11,13-14H2,1-3H3,(H,22,27)(H,23,29)/t21-/m0/s1. The first kappa shape index (κ1) is 20.6. The zero-order valence-corrected chi connectivity index (χ0v) is 17.1. The first-order valence-electron chi connectivity index (χ1n) is 9.83. The Kier molecular flexibility index (Phi) is 6.00. The fourth-order valence-corrected chi connectivity index (χ4v) is 3.28. The SMILES string of the molecule is CCCCNC(=O)c1cc2n(n1)C[C@@](C)(C(=O)NCc1ccccc1)N(C)C2=O. The van der Waals surface area contributed by atoms with E-state index in [1.807, 2.05) is 37.3 Å². The van der Waals surface area contributed by atoms with Crippen molar-refractivity contribution in [2.75, 3.05) is 13.6 Å². The molecule has 154 valence electrons. The molecule has 0 saturated heterocycles. The lowest BCUT2D eigenvalue weighted by atomic mass is 9.96. The maximum atomic E-state index is 12.9. The highest BCUT2D eigenvalue weighted by Gasteiger charge is 2.46. The van der Waals surface area contributed by atoms with Crippen molar-refractivity contribution in [2.24, 2.45) is 0 Å². The summed E-state index contributed by atoms with van der Waals surface area (Å²) in [6.07, 6.45) is 1.85. The molecule has 29 heavy (non-hydrogen) atoms. The highest BCUT2D eigenvalue weighted by atomic mass is 16.2. The van der Waals surface area contributed by atoms with Crippen LogP contribution in [0.1, 0.15) is 53.2 Å². The van der Waals surface area contributed by atoms with Gasteiger partial charge in [-0.2, -0.15) is 5.10 Å². The van der Waals surface area contributed by atoms with Crippen LogP contribution in [0.4, 0.5) is 0 Å². The van der Waals surface area contributed by atoms with Gasteiger partial charge in [-0.3, -0.25) is 19.1 Å². The molecule has 1 aromatic heterocycles. The molecular weight excluding hydrogens is 370 g/mol. The number of aromatic nitrogens is 2. The summed E-state index contributed by atoms with van der Waals surface area (Å²) in [7, 11) is 1.60. The summed E-state index contributed by atoms with van der Waals surface area (Å²) in [5.74, 6) is -0.924. The minimum atomic E-state index is -1.11. The van der Waals surface area contributed by atoms with Crippen LogP contribution in [0.5, 0.6) is 0 Å². The van der Waals surface area contributed by atoms with Crippen molar-refractivity contribution in [3.8, 4) is 0 Å². The van der Waals surface area contributed by atoms with Crippen molar-refractivity contribution in [1.82, 2.24) is 25.3 Å². The average Bonchev–Trinajstić information content (AvgIpc) is 3.15.